The van der Waals surface area contributed by atoms with E-state index in [0.717, 1.165) is 13.0 Å². The fourth-order valence-corrected chi connectivity index (χ4v) is 2.31. The molecular formula is C13H15BrN2O4. The number of carboxylic acids is 1. The molecular weight excluding hydrogens is 328 g/mol. The van der Waals surface area contributed by atoms with Gasteiger partial charge in [0, 0.05) is 23.5 Å². The van der Waals surface area contributed by atoms with E-state index in [-0.39, 0.29) is 11.3 Å². The fraction of sp³-hybridized carbons (Fsp3) is 0.385. The molecule has 2 amide bonds. The van der Waals surface area contributed by atoms with Crippen molar-refractivity contribution < 1.29 is 19.4 Å². The lowest BCUT2D eigenvalue weighted by Gasteiger charge is -2.12. The molecule has 1 aliphatic heterocycles. The van der Waals surface area contributed by atoms with Crippen LogP contribution in [0, 0.1) is 5.92 Å². The summed E-state index contributed by atoms with van der Waals surface area (Å²) in [5.41, 5.74) is 0.305. The molecule has 1 saturated heterocycles. The smallest absolute Gasteiger partial charge is 0.337 e. The SMILES string of the molecule is O=C(NCC1CCOC1)Nc1ccc(Br)cc1C(=O)O. The second kappa shape index (κ2) is 6.71. The van der Waals surface area contributed by atoms with Crippen LogP contribution in [0.15, 0.2) is 22.7 Å². The normalized spacial score (nSPS) is 17.8. The van der Waals surface area contributed by atoms with Crippen LogP contribution in [0.4, 0.5) is 10.5 Å². The molecule has 0 aromatic heterocycles. The molecule has 6 nitrogen and oxygen atoms in total. The second-order valence-electron chi connectivity index (χ2n) is 4.56. The number of nitrogens with one attached hydrogen (secondary N) is 2. The van der Waals surface area contributed by atoms with Crippen LogP contribution in [0.2, 0.25) is 0 Å². The highest BCUT2D eigenvalue weighted by atomic mass is 79.9. The maximum absolute atomic E-state index is 11.8. The molecule has 108 valence electrons. The number of amides is 2. The Morgan fingerprint density at radius 2 is 2.25 bits per heavy atom. The van der Waals surface area contributed by atoms with Gasteiger partial charge in [-0.1, -0.05) is 15.9 Å². The zero-order valence-corrected chi connectivity index (χ0v) is 12.3. The topological polar surface area (TPSA) is 87.7 Å². The Balaban J connectivity index is 1.94. The molecule has 1 aromatic carbocycles. The van der Waals surface area contributed by atoms with Crippen molar-refractivity contribution in [2.24, 2.45) is 5.92 Å². The lowest BCUT2D eigenvalue weighted by molar-refractivity contribution is 0.0698. The maximum Gasteiger partial charge on any atom is 0.337 e. The number of rotatable bonds is 4. The minimum atomic E-state index is -1.09. The number of carbonyl (C=O) groups excluding carboxylic acids is 1. The predicted molar refractivity (Wildman–Crippen MR) is 77.0 cm³/mol. The molecule has 0 radical (unpaired) electrons. The quantitative estimate of drug-likeness (QED) is 0.783. The number of anilines is 1. The monoisotopic (exact) mass is 342 g/mol. The molecule has 0 spiro atoms. The van der Waals surface area contributed by atoms with Crippen LogP contribution in [0.1, 0.15) is 16.8 Å². The van der Waals surface area contributed by atoms with E-state index in [2.05, 4.69) is 26.6 Å². The molecule has 0 aliphatic carbocycles. The molecule has 2 rings (SSSR count). The molecule has 3 N–H and O–H groups in total. The number of benzene rings is 1. The minimum absolute atomic E-state index is 0.0405. The van der Waals surface area contributed by atoms with E-state index in [4.69, 9.17) is 9.84 Å². The van der Waals surface area contributed by atoms with Crippen LogP contribution in [0.25, 0.3) is 0 Å². The van der Waals surface area contributed by atoms with Gasteiger partial charge in [-0.2, -0.15) is 0 Å². The molecule has 1 atom stereocenters. The summed E-state index contributed by atoms with van der Waals surface area (Å²) in [4.78, 5) is 22.9. The average molecular weight is 343 g/mol. The highest BCUT2D eigenvalue weighted by molar-refractivity contribution is 9.10. The number of carboxylic acid groups (broad SMARTS) is 1. The molecule has 1 aromatic rings. The van der Waals surface area contributed by atoms with E-state index in [0.29, 0.717) is 23.5 Å². The summed E-state index contributed by atoms with van der Waals surface area (Å²) >= 11 is 3.20. The van der Waals surface area contributed by atoms with Crippen molar-refractivity contribution in [3.63, 3.8) is 0 Å². The lowest BCUT2D eigenvalue weighted by atomic mass is 10.1. The largest absolute Gasteiger partial charge is 0.478 e. The summed E-state index contributed by atoms with van der Waals surface area (Å²) in [6.45, 7) is 1.90. The lowest BCUT2D eigenvalue weighted by Crippen LogP contribution is -2.33. The summed E-state index contributed by atoms with van der Waals surface area (Å²) in [6, 6.07) is 4.25. The molecule has 0 saturated carbocycles. The van der Waals surface area contributed by atoms with Crippen LogP contribution < -0.4 is 10.6 Å². The van der Waals surface area contributed by atoms with Crippen LogP contribution in [0.3, 0.4) is 0 Å². The van der Waals surface area contributed by atoms with Crippen molar-refractivity contribution in [2.45, 2.75) is 6.42 Å². The van der Waals surface area contributed by atoms with Crippen molar-refractivity contribution in [2.75, 3.05) is 25.1 Å². The van der Waals surface area contributed by atoms with Gasteiger partial charge in [-0.3, -0.25) is 0 Å². The van der Waals surface area contributed by atoms with E-state index in [9.17, 15) is 9.59 Å². The number of ether oxygens (including phenoxy) is 1. The zero-order valence-electron chi connectivity index (χ0n) is 10.7. The van der Waals surface area contributed by atoms with E-state index in [1.165, 1.54) is 6.07 Å². The fourth-order valence-electron chi connectivity index (χ4n) is 1.95. The first-order chi connectivity index (χ1) is 9.56. The second-order valence-corrected chi connectivity index (χ2v) is 5.48. The molecule has 0 bridgehead atoms. The maximum atomic E-state index is 11.8. The van der Waals surface area contributed by atoms with E-state index < -0.39 is 12.0 Å². The summed E-state index contributed by atoms with van der Waals surface area (Å²) in [5, 5.41) is 14.4. The van der Waals surface area contributed by atoms with Crippen LogP contribution in [-0.4, -0.2) is 36.9 Å². The summed E-state index contributed by atoms with van der Waals surface area (Å²) in [7, 11) is 0. The van der Waals surface area contributed by atoms with Gasteiger partial charge in [-0.25, -0.2) is 9.59 Å². The minimum Gasteiger partial charge on any atom is -0.478 e. The van der Waals surface area contributed by atoms with Gasteiger partial charge in [-0.05, 0) is 24.6 Å². The first-order valence-electron chi connectivity index (χ1n) is 6.21. The Morgan fingerprint density at radius 1 is 1.45 bits per heavy atom. The molecule has 1 fully saturated rings. The Labute approximate surface area is 124 Å². The van der Waals surface area contributed by atoms with Gasteiger partial charge in [0.2, 0.25) is 0 Å². The number of halogens is 1. The Kier molecular flexibility index (Phi) is 4.97. The molecule has 20 heavy (non-hydrogen) atoms. The third-order valence-corrected chi connectivity index (χ3v) is 3.53. The third-order valence-electron chi connectivity index (χ3n) is 3.04. The van der Waals surface area contributed by atoms with Crippen molar-refractivity contribution in [3.8, 4) is 0 Å². The first kappa shape index (κ1) is 14.8. The van der Waals surface area contributed by atoms with Crippen molar-refractivity contribution >= 4 is 33.6 Å². The number of urea groups is 1. The van der Waals surface area contributed by atoms with E-state index in [1.807, 2.05) is 0 Å². The van der Waals surface area contributed by atoms with Crippen LogP contribution in [-0.2, 0) is 4.74 Å². The number of hydrogen-bond acceptors (Lipinski definition) is 3. The van der Waals surface area contributed by atoms with Crippen molar-refractivity contribution in [3.05, 3.63) is 28.2 Å². The molecule has 7 heteroatoms. The first-order valence-corrected chi connectivity index (χ1v) is 7.01. The average Bonchev–Trinajstić information content (AvgIpc) is 2.91. The number of aromatic carboxylic acids is 1. The van der Waals surface area contributed by atoms with Gasteiger partial charge in [-0.15, -0.1) is 0 Å². The highest BCUT2D eigenvalue weighted by Gasteiger charge is 2.17. The van der Waals surface area contributed by atoms with Gasteiger partial charge < -0.3 is 20.5 Å². The Bertz CT molecular complexity index is 515. The third kappa shape index (κ3) is 3.94. The van der Waals surface area contributed by atoms with E-state index >= 15 is 0 Å². The predicted octanol–water partition coefficient (Wildman–Crippen LogP) is 2.31. The number of carbonyl (C=O) groups is 2. The van der Waals surface area contributed by atoms with Gasteiger partial charge in [0.1, 0.15) is 0 Å². The highest BCUT2D eigenvalue weighted by Crippen LogP contribution is 2.21. The van der Waals surface area contributed by atoms with Crippen LogP contribution in [0.5, 0.6) is 0 Å². The van der Waals surface area contributed by atoms with Gasteiger partial charge in [0.15, 0.2) is 0 Å². The van der Waals surface area contributed by atoms with Gasteiger partial charge in [0.25, 0.3) is 0 Å². The Hall–Kier alpha value is -1.60. The standard InChI is InChI=1S/C13H15BrN2O4/c14-9-1-2-11(10(5-9)12(17)18)16-13(19)15-6-8-3-4-20-7-8/h1-2,5,8H,3-4,6-7H2,(H,17,18)(H2,15,16,19). The van der Waals surface area contributed by atoms with Crippen molar-refractivity contribution in [1.29, 1.82) is 0 Å². The molecule has 1 unspecified atom stereocenters. The number of hydrogen-bond donors (Lipinski definition) is 3. The molecule has 1 aliphatic rings. The van der Waals surface area contributed by atoms with Gasteiger partial charge >= 0.3 is 12.0 Å². The summed E-state index contributed by atoms with van der Waals surface area (Å²) in [5.74, 6) is -0.768. The van der Waals surface area contributed by atoms with Crippen molar-refractivity contribution in [1.82, 2.24) is 5.32 Å². The summed E-state index contributed by atoms with van der Waals surface area (Å²) < 4.78 is 5.86. The van der Waals surface area contributed by atoms with Crippen LogP contribution >= 0.6 is 15.9 Å². The summed E-state index contributed by atoms with van der Waals surface area (Å²) in [6.07, 6.45) is 0.930. The van der Waals surface area contributed by atoms with Gasteiger partial charge in [0.05, 0.1) is 17.9 Å². The Morgan fingerprint density at radius 3 is 2.90 bits per heavy atom. The zero-order chi connectivity index (χ0) is 14.5. The van der Waals surface area contributed by atoms with E-state index in [1.54, 1.807) is 12.1 Å². The molecule has 1 heterocycles.